The number of ether oxygens (including phenoxy) is 1. The van der Waals surface area contributed by atoms with Crippen LogP contribution in [0.2, 0.25) is 0 Å². The van der Waals surface area contributed by atoms with Crippen molar-refractivity contribution in [3.63, 3.8) is 0 Å². The second kappa shape index (κ2) is 4.46. The largest absolute Gasteiger partial charge is 0.390 e. The van der Waals surface area contributed by atoms with E-state index < -0.39 is 30.4 Å². The number of anilines is 1. The minimum absolute atomic E-state index is 0.0420. The third-order valence-electron chi connectivity index (χ3n) is 3.09. The Kier molecular flexibility index (Phi) is 3.35. The van der Waals surface area contributed by atoms with Gasteiger partial charge in [0.15, 0.2) is 6.23 Å². The van der Waals surface area contributed by atoms with Crippen molar-refractivity contribution in [3.8, 4) is 0 Å². The summed E-state index contributed by atoms with van der Waals surface area (Å²) in [5.41, 5.74) is 3.45. The van der Waals surface area contributed by atoms with E-state index in [1.807, 2.05) is 0 Å². The fourth-order valence-corrected chi connectivity index (χ4v) is 2.27. The number of hydrogen-bond acceptors (Lipinski definition) is 7. The summed E-state index contributed by atoms with van der Waals surface area (Å²) < 4.78 is 20.2. The number of rotatable bonds is 2. The number of halogens is 1. The van der Waals surface area contributed by atoms with Gasteiger partial charge in [0.25, 0.3) is 5.85 Å². The van der Waals surface area contributed by atoms with Gasteiger partial charge in [-0.15, -0.1) is 0 Å². The second-order valence-electron chi connectivity index (χ2n) is 4.59. The predicted molar refractivity (Wildman–Crippen MR) is 65.2 cm³/mol. The molecule has 1 fully saturated rings. The van der Waals surface area contributed by atoms with Gasteiger partial charge in [-0.25, -0.2) is 9.37 Å². The van der Waals surface area contributed by atoms with Gasteiger partial charge in [0.05, 0.1) is 0 Å². The minimum atomic E-state index is -2.77. The average molecular weight is 291 g/mol. The second-order valence-corrected chi connectivity index (χ2v) is 4.95. The van der Waals surface area contributed by atoms with Crippen molar-refractivity contribution in [2.45, 2.75) is 30.7 Å². The van der Waals surface area contributed by atoms with Gasteiger partial charge in [0.1, 0.15) is 24.1 Å². The number of aromatic nitrogens is 2. The van der Waals surface area contributed by atoms with Crippen LogP contribution in [0.3, 0.4) is 0 Å². The van der Waals surface area contributed by atoms with Crippen LogP contribution in [-0.2, 0) is 4.74 Å². The molecule has 0 amide bonds. The molecule has 2 heterocycles. The van der Waals surface area contributed by atoms with Crippen LogP contribution in [0.15, 0.2) is 12.3 Å². The minimum Gasteiger partial charge on any atom is -0.390 e. The molecule has 0 bridgehead atoms. The molecule has 0 saturated carbocycles. The van der Waals surface area contributed by atoms with Gasteiger partial charge in [0.2, 0.25) is 4.77 Å². The Morgan fingerprint density at radius 2 is 2.32 bits per heavy atom. The number of nitrogens with zero attached hydrogens (tertiary/aromatic N) is 2. The van der Waals surface area contributed by atoms with E-state index in [9.17, 15) is 14.6 Å². The maximum absolute atomic E-state index is 14.1. The first-order valence-electron chi connectivity index (χ1n) is 5.45. The molecule has 106 valence electrons. The summed E-state index contributed by atoms with van der Waals surface area (Å²) in [5, 5.41) is 28.9. The molecule has 19 heavy (non-hydrogen) atoms. The van der Waals surface area contributed by atoms with Crippen LogP contribution in [-0.4, -0.2) is 49.0 Å². The van der Waals surface area contributed by atoms with Crippen molar-refractivity contribution in [1.29, 1.82) is 0 Å². The van der Waals surface area contributed by atoms with Gasteiger partial charge in [0, 0.05) is 6.20 Å². The Balaban J connectivity index is 2.48. The molecular weight excluding hydrogens is 277 g/mol. The maximum atomic E-state index is 14.1. The molecule has 4 unspecified atom stereocenters. The van der Waals surface area contributed by atoms with Gasteiger partial charge in [-0.3, -0.25) is 4.57 Å². The SMILES string of the molecule is CC1(O)C(n2ccc(N)nc2=S)OC(F)(CO)C1O. The van der Waals surface area contributed by atoms with Gasteiger partial charge >= 0.3 is 0 Å². The molecule has 0 radical (unpaired) electrons. The van der Waals surface area contributed by atoms with Crippen molar-refractivity contribution in [2.75, 3.05) is 12.3 Å². The normalized spacial score (nSPS) is 38.6. The zero-order valence-electron chi connectivity index (χ0n) is 10.0. The maximum Gasteiger partial charge on any atom is 0.263 e. The van der Waals surface area contributed by atoms with Crippen LogP contribution < -0.4 is 5.73 Å². The Morgan fingerprint density at radius 3 is 2.79 bits per heavy atom. The van der Waals surface area contributed by atoms with Crippen molar-refractivity contribution in [1.82, 2.24) is 9.55 Å². The van der Waals surface area contributed by atoms with Crippen molar-refractivity contribution in [3.05, 3.63) is 17.0 Å². The highest BCUT2D eigenvalue weighted by Crippen LogP contribution is 2.44. The highest BCUT2D eigenvalue weighted by molar-refractivity contribution is 7.71. The number of hydrogen-bond donors (Lipinski definition) is 4. The van der Waals surface area contributed by atoms with Crippen LogP contribution in [0.4, 0.5) is 10.2 Å². The summed E-state index contributed by atoms with van der Waals surface area (Å²) in [6, 6.07) is 1.39. The van der Waals surface area contributed by atoms with Gasteiger partial charge < -0.3 is 25.8 Å². The first-order valence-corrected chi connectivity index (χ1v) is 5.86. The molecular formula is C10H14FN3O4S. The quantitative estimate of drug-likeness (QED) is 0.543. The number of nitrogen functional groups attached to an aromatic ring is 1. The van der Waals surface area contributed by atoms with Crippen molar-refractivity contribution < 1.29 is 24.4 Å². The number of nitrogens with two attached hydrogens (primary N) is 1. The van der Waals surface area contributed by atoms with Crippen LogP contribution in [0.1, 0.15) is 13.2 Å². The Labute approximate surface area is 113 Å². The molecule has 1 aliphatic heterocycles. The lowest BCUT2D eigenvalue weighted by Gasteiger charge is -2.27. The number of alkyl halides is 1. The van der Waals surface area contributed by atoms with Crippen LogP contribution in [0, 0.1) is 4.77 Å². The third-order valence-corrected chi connectivity index (χ3v) is 3.39. The van der Waals surface area contributed by atoms with Crippen molar-refractivity contribution in [2.24, 2.45) is 0 Å². The van der Waals surface area contributed by atoms with Gasteiger partial charge in [-0.2, -0.15) is 0 Å². The van der Waals surface area contributed by atoms with E-state index in [1.54, 1.807) is 0 Å². The van der Waals surface area contributed by atoms with E-state index in [0.717, 1.165) is 4.57 Å². The van der Waals surface area contributed by atoms with Crippen LogP contribution in [0.25, 0.3) is 0 Å². The van der Waals surface area contributed by atoms with Crippen LogP contribution >= 0.6 is 12.2 Å². The summed E-state index contributed by atoms with van der Waals surface area (Å²) >= 11 is 4.94. The highest BCUT2D eigenvalue weighted by atomic mass is 32.1. The van der Waals surface area contributed by atoms with E-state index in [1.165, 1.54) is 19.2 Å². The van der Waals surface area contributed by atoms with Gasteiger partial charge in [-0.05, 0) is 25.2 Å². The van der Waals surface area contributed by atoms with E-state index in [0.29, 0.717) is 0 Å². The average Bonchev–Trinajstić information content (AvgIpc) is 2.51. The number of aliphatic hydroxyl groups is 3. The lowest BCUT2D eigenvalue weighted by atomic mass is 9.95. The molecule has 0 spiro atoms. The summed E-state index contributed by atoms with van der Waals surface area (Å²) in [6.45, 7) is 0.0774. The van der Waals surface area contributed by atoms with Gasteiger partial charge in [-0.1, -0.05) is 0 Å². The summed E-state index contributed by atoms with van der Waals surface area (Å²) in [5.74, 6) is -2.61. The van der Waals surface area contributed by atoms with Crippen LogP contribution in [0.5, 0.6) is 0 Å². The zero-order valence-corrected chi connectivity index (χ0v) is 10.8. The monoisotopic (exact) mass is 291 g/mol. The molecule has 1 aromatic heterocycles. The molecule has 1 aliphatic rings. The molecule has 0 aromatic carbocycles. The highest BCUT2D eigenvalue weighted by Gasteiger charge is 2.62. The molecule has 2 rings (SSSR count). The summed E-state index contributed by atoms with van der Waals surface area (Å²) in [6.07, 6.45) is -1.91. The van der Waals surface area contributed by atoms with E-state index in [-0.39, 0.29) is 10.6 Å². The lowest BCUT2D eigenvalue weighted by Crippen LogP contribution is -2.48. The molecule has 4 atom stereocenters. The van der Waals surface area contributed by atoms with E-state index in [4.69, 9.17) is 27.8 Å². The Morgan fingerprint density at radius 1 is 1.68 bits per heavy atom. The first-order chi connectivity index (χ1) is 8.72. The summed E-state index contributed by atoms with van der Waals surface area (Å²) in [7, 11) is 0. The standard InChI is InChI=1S/C10H14FN3O4S/c1-9(17)6(16)10(11,4-15)18-7(9)14-3-2-5(12)13-8(14)19/h2-3,6-7,15-17H,4H2,1H3,(H2,12,13,19). The Hall–Kier alpha value is -1.13. The zero-order chi connectivity index (χ0) is 14.4. The molecule has 1 aromatic rings. The topological polar surface area (TPSA) is 114 Å². The fraction of sp³-hybridized carbons (Fsp3) is 0.600. The van der Waals surface area contributed by atoms with Crippen molar-refractivity contribution >= 4 is 18.0 Å². The smallest absolute Gasteiger partial charge is 0.263 e. The fourth-order valence-electron chi connectivity index (χ4n) is 2.01. The molecule has 9 heteroatoms. The molecule has 7 nitrogen and oxygen atoms in total. The van der Waals surface area contributed by atoms with E-state index >= 15 is 0 Å². The number of aliphatic hydroxyl groups excluding tert-OH is 2. The third kappa shape index (κ3) is 2.13. The lowest BCUT2D eigenvalue weighted by molar-refractivity contribution is -0.207. The molecule has 1 saturated heterocycles. The summed E-state index contributed by atoms with van der Waals surface area (Å²) in [4.78, 5) is 3.78. The molecule has 5 N–H and O–H groups in total. The predicted octanol–water partition coefficient (Wildman–Crippen LogP) is -0.506. The first kappa shape index (κ1) is 14.3. The van der Waals surface area contributed by atoms with E-state index in [2.05, 4.69) is 4.98 Å². The Bertz CT molecular complexity index is 552. The molecule has 0 aliphatic carbocycles.